The Morgan fingerprint density at radius 1 is 0.410 bits per heavy atom. The number of aryl methyl sites for hydroxylation is 8. The van der Waals surface area contributed by atoms with Crippen molar-refractivity contribution in [1.82, 2.24) is 0 Å². The van der Waals surface area contributed by atoms with Gasteiger partial charge in [0.15, 0.2) is 0 Å². The van der Waals surface area contributed by atoms with E-state index in [9.17, 15) is 10.2 Å². The van der Waals surface area contributed by atoms with Crippen molar-refractivity contribution in [3.63, 3.8) is 0 Å². The maximum atomic E-state index is 12.2. The molecule has 61 heavy (non-hydrogen) atoms. The summed E-state index contributed by atoms with van der Waals surface area (Å²) < 4.78 is 22.4. The van der Waals surface area contributed by atoms with Crippen molar-refractivity contribution in [2.45, 2.75) is 82.1 Å². The number of hydrogen-bond acceptors (Lipinski definition) is 6. The molecule has 326 valence electrons. The van der Waals surface area contributed by atoms with Gasteiger partial charge in [-0.25, -0.2) is 0 Å². The summed E-state index contributed by atoms with van der Waals surface area (Å²) in [6, 6.07) is 17.9. The first kappa shape index (κ1) is 50.0. The minimum atomic E-state index is -0.831. The quantitative estimate of drug-likeness (QED) is 0.0928. The molecule has 0 N–H and O–H groups in total. The molecule has 0 spiro atoms. The van der Waals surface area contributed by atoms with E-state index in [1.165, 1.54) is 43.0 Å². The van der Waals surface area contributed by atoms with Crippen LogP contribution in [0, 0.1) is 67.2 Å². The Morgan fingerprint density at radius 3 is 0.787 bits per heavy atom. The zero-order valence-corrected chi connectivity index (χ0v) is 41.5. The van der Waals surface area contributed by atoms with Gasteiger partial charge in [-0.15, -0.1) is 13.2 Å². The Bertz CT molecular complexity index is 1970. The predicted octanol–water partition coefficient (Wildman–Crippen LogP) is 9.16. The van der Waals surface area contributed by atoms with E-state index < -0.39 is 15.8 Å². The van der Waals surface area contributed by atoms with E-state index in [4.69, 9.17) is 18.9 Å². The number of hydrogen-bond donors (Lipinski definition) is 0. The molecular weight excluding hydrogens is 838 g/mol. The number of methoxy groups -OCH3 is 4. The summed E-state index contributed by atoms with van der Waals surface area (Å²) in [5, 5.41) is 32.0. The van der Waals surface area contributed by atoms with Gasteiger partial charge >= 0.3 is 17.1 Å². The number of ether oxygens (including phenoxy) is 4. The standard InChI is InChI=1S/2C26H32O3P.Fe/c2*1-8-20-9-10-24(23(20)15-27)30(21-11-16(2)25(28-6)17(3)12-21)22-13-18(4)26(29-7)19(5)14-22;/h2*9-14,23H,8,15H2,1-7H3;/q2*-1;+2. The molecule has 4 aromatic carbocycles. The van der Waals surface area contributed by atoms with Gasteiger partial charge in [-0.2, -0.15) is 0 Å². The maximum absolute atomic E-state index is 12.2. The van der Waals surface area contributed by atoms with Crippen LogP contribution >= 0.6 is 15.8 Å². The van der Waals surface area contributed by atoms with Crippen molar-refractivity contribution in [2.24, 2.45) is 11.8 Å². The average Bonchev–Trinajstić information content (AvgIpc) is 3.81. The van der Waals surface area contributed by atoms with Crippen LogP contribution in [0.2, 0.25) is 0 Å². The molecule has 0 heterocycles. The molecule has 6 rings (SSSR count). The largest absolute Gasteiger partial charge is 2.00 e. The van der Waals surface area contributed by atoms with Gasteiger partial charge in [-0.1, -0.05) is 49.3 Å². The van der Waals surface area contributed by atoms with E-state index in [1.807, 2.05) is 0 Å². The normalized spacial score (nSPS) is 15.7. The van der Waals surface area contributed by atoms with Gasteiger partial charge < -0.3 is 29.2 Å². The Balaban J connectivity index is 0.000000264. The van der Waals surface area contributed by atoms with Crippen LogP contribution in [0.15, 0.2) is 94.6 Å². The first-order chi connectivity index (χ1) is 28.7. The summed E-state index contributed by atoms with van der Waals surface area (Å²) in [5.41, 5.74) is 11.5. The molecule has 2 atom stereocenters. The van der Waals surface area contributed by atoms with Crippen LogP contribution < -0.4 is 50.4 Å². The molecular formula is C52H64FeO6P2. The molecule has 0 aliphatic heterocycles. The van der Waals surface area contributed by atoms with Crippen molar-refractivity contribution >= 4 is 37.1 Å². The van der Waals surface area contributed by atoms with Gasteiger partial charge in [-0.05, 0) is 221 Å². The minimum absolute atomic E-state index is 0. The third-order valence-corrected chi connectivity index (χ3v) is 16.9. The van der Waals surface area contributed by atoms with Gasteiger partial charge in [0.2, 0.25) is 0 Å². The predicted molar refractivity (Wildman–Crippen MR) is 252 cm³/mol. The molecule has 4 aromatic rings. The van der Waals surface area contributed by atoms with Gasteiger partial charge in [-0.3, -0.25) is 0 Å². The fourth-order valence-corrected chi connectivity index (χ4v) is 15.1. The third kappa shape index (κ3) is 10.4. The Morgan fingerprint density at radius 2 is 0.623 bits per heavy atom. The fraction of sp³-hybridized carbons (Fsp3) is 0.385. The van der Waals surface area contributed by atoms with Crippen LogP contribution in [-0.2, 0) is 17.1 Å². The zero-order valence-electron chi connectivity index (χ0n) is 38.6. The molecule has 0 radical (unpaired) electrons. The second-order valence-electron chi connectivity index (χ2n) is 15.9. The van der Waals surface area contributed by atoms with E-state index in [1.54, 1.807) is 28.4 Å². The van der Waals surface area contributed by atoms with Gasteiger partial charge in [0.25, 0.3) is 0 Å². The molecule has 2 aliphatic carbocycles. The van der Waals surface area contributed by atoms with E-state index in [0.29, 0.717) is 0 Å². The molecule has 0 aromatic heterocycles. The number of allylic oxidation sites excluding steroid dienone is 4. The van der Waals surface area contributed by atoms with Crippen LogP contribution in [0.4, 0.5) is 0 Å². The summed E-state index contributed by atoms with van der Waals surface area (Å²) in [5.74, 6) is 3.69. The second kappa shape index (κ2) is 22.1. The molecule has 0 bridgehead atoms. The summed E-state index contributed by atoms with van der Waals surface area (Å²) in [7, 11) is 5.22. The van der Waals surface area contributed by atoms with Crippen molar-refractivity contribution in [3.05, 3.63) is 139 Å². The van der Waals surface area contributed by atoms with Crippen molar-refractivity contribution < 1.29 is 46.2 Å². The minimum Gasteiger partial charge on any atom is -0.854 e. The first-order valence-corrected chi connectivity index (χ1v) is 23.6. The maximum Gasteiger partial charge on any atom is 2.00 e. The van der Waals surface area contributed by atoms with Gasteiger partial charge in [0.1, 0.15) is 23.0 Å². The topological polar surface area (TPSA) is 83.0 Å². The van der Waals surface area contributed by atoms with E-state index in [-0.39, 0.29) is 42.1 Å². The molecule has 0 saturated heterocycles. The van der Waals surface area contributed by atoms with Crippen molar-refractivity contribution in [1.29, 1.82) is 0 Å². The summed E-state index contributed by atoms with van der Waals surface area (Å²) in [6.07, 6.45) is 10.6. The molecule has 6 nitrogen and oxygen atoms in total. The number of rotatable bonds is 14. The third-order valence-electron chi connectivity index (χ3n) is 11.8. The van der Waals surface area contributed by atoms with Crippen LogP contribution in [0.3, 0.4) is 0 Å². The summed E-state index contributed by atoms with van der Waals surface area (Å²) >= 11 is 0. The van der Waals surface area contributed by atoms with Gasteiger partial charge in [0, 0.05) is 0 Å². The zero-order chi connectivity index (χ0) is 44.0. The van der Waals surface area contributed by atoms with Crippen LogP contribution in [-0.4, -0.2) is 41.7 Å². The first-order valence-electron chi connectivity index (χ1n) is 20.9. The van der Waals surface area contributed by atoms with Crippen LogP contribution in [0.5, 0.6) is 23.0 Å². The fourth-order valence-electron chi connectivity index (χ4n) is 9.21. The van der Waals surface area contributed by atoms with Crippen LogP contribution in [0.1, 0.15) is 71.2 Å². The molecule has 2 aliphatic rings. The SMILES string of the molecule is CCC1=CC=C(P(c2cc(C)c(OC)c(C)c2)c2cc(C)c(OC)c(C)c2)C1C[O-].CCC1=CC=C(P(c2cc(C)c(OC)c(C)c2)c2cc(C)c(OC)c(C)c2)C1C[O-].[Fe+2]. The Kier molecular flexibility index (Phi) is 18.1. The molecule has 0 saturated carbocycles. The summed E-state index contributed by atoms with van der Waals surface area (Å²) in [6.45, 7) is 20.8. The van der Waals surface area contributed by atoms with Crippen molar-refractivity contribution in [3.8, 4) is 23.0 Å². The smallest absolute Gasteiger partial charge is 0.854 e. The van der Waals surface area contributed by atoms with E-state index >= 15 is 0 Å². The second-order valence-corrected chi connectivity index (χ2v) is 20.4. The molecule has 9 heteroatoms. The van der Waals surface area contributed by atoms with E-state index in [2.05, 4.69) is 142 Å². The Hall–Kier alpha value is -3.66. The molecule has 0 fully saturated rings. The van der Waals surface area contributed by atoms with Crippen LogP contribution in [0.25, 0.3) is 0 Å². The summed E-state index contributed by atoms with van der Waals surface area (Å²) in [4.78, 5) is 0. The molecule has 0 amide bonds. The van der Waals surface area contributed by atoms with Gasteiger partial charge in [0.05, 0.1) is 28.4 Å². The van der Waals surface area contributed by atoms with Crippen molar-refractivity contribution in [2.75, 3.05) is 41.7 Å². The number of benzene rings is 4. The monoisotopic (exact) mass is 902 g/mol. The Labute approximate surface area is 379 Å². The molecule has 2 unspecified atom stereocenters. The average molecular weight is 903 g/mol. The van der Waals surface area contributed by atoms with E-state index in [0.717, 1.165) is 80.3 Å².